The molecule has 0 heterocycles. The summed E-state index contributed by atoms with van der Waals surface area (Å²) in [6.07, 6.45) is 26.7. The first-order chi connectivity index (χ1) is 26.9. The third kappa shape index (κ3) is 24.6. The standard InChI is InChI=1S/C42H67O13P/c1-3-5-7-9-11-13-15-17-19-20-22-24-26-28-30-35(43)52-32-34(33-53-56(50,51)55-42-40(48)38(46)37(45)39(47)41(42)49)54-36(44)31-29-27-25-23-21-18-16-14-12-10-8-6-4-2/h5-8,10-14,16,18,21,23,25,34,37-42,45-49H,3-4,9,15,17,19-20,22,24,26-33H2,1-2H3,(H,50,51)/b7-5+,8-6+,12-10+,13-11+,16-14+,21-18+,25-23+/t34?,37?,38-,39?,40?,41?,42?/m0/s1. The van der Waals surface area contributed by atoms with E-state index in [1.165, 1.54) is 0 Å². The highest BCUT2D eigenvalue weighted by Crippen LogP contribution is 2.47. The molecule has 318 valence electrons. The Morgan fingerprint density at radius 2 is 1.07 bits per heavy atom. The summed E-state index contributed by atoms with van der Waals surface area (Å²) >= 11 is 0. The van der Waals surface area contributed by atoms with Crippen molar-refractivity contribution in [2.75, 3.05) is 13.2 Å². The number of phosphoric acid groups is 1. The molecule has 1 fully saturated rings. The molecule has 0 aromatic carbocycles. The van der Waals surface area contributed by atoms with Gasteiger partial charge in [0.25, 0.3) is 0 Å². The van der Waals surface area contributed by atoms with Gasteiger partial charge in [0.15, 0.2) is 6.10 Å². The van der Waals surface area contributed by atoms with Gasteiger partial charge in [0, 0.05) is 12.8 Å². The number of allylic oxidation sites excluding steroid dienone is 14. The number of phosphoric ester groups is 1. The Balaban J connectivity index is 2.59. The van der Waals surface area contributed by atoms with Gasteiger partial charge in [-0.1, -0.05) is 131 Å². The Bertz CT molecular complexity index is 1310. The number of carbonyl (C=O) groups excluding carboxylic acids is 2. The van der Waals surface area contributed by atoms with Crippen LogP contribution in [0.15, 0.2) is 85.1 Å². The average molecular weight is 811 g/mol. The van der Waals surface area contributed by atoms with Gasteiger partial charge in [0.1, 0.15) is 43.2 Å². The topological polar surface area (TPSA) is 210 Å². The molecule has 0 saturated heterocycles. The maximum atomic E-state index is 12.8. The monoisotopic (exact) mass is 810 g/mol. The summed E-state index contributed by atoms with van der Waals surface area (Å²) in [5.74, 6) is -1.21. The predicted molar refractivity (Wildman–Crippen MR) is 216 cm³/mol. The third-order valence-electron chi connectivity index (χ3n) is 8.61. The maximum Gasteiger partial charge on any atom is 0.472 e. The smallest absolute Gasteiger partial charge is 0.462 e. The Labute approximate surface area is 333 Å². The summed E-state index contributed by atoms with van der Waals surface area (Å²) in [6, 6.07) is 0. The number of hydrogen-bond donors (Lipinski definition) is 6. The molecule has 8 atom stereocenters. The number of ether oxygens (including phenoxy) is 2. The summed E-state index contributed by atoms with van der Waals surface area (Å²) in [4.78, 5) is 35.5. The van der Waals surface area contributed by atoms with Crippen LogP contribution < -0.4 is 0 Å². The van der Waals surface area contributed by atoms with Gasteiger partial charge < -0.3 is 39.9 Å². The van der Waals surface area contributed by atoms with Crippen molar-refractivity contribution in [2.45, 2.75) is 153 Å². The maximum absolute atomic E-state index is 12.8. The van der Waals surface area contributed by atoms with E-state index in [0.29, 0.717) is 19.3 Å². The molecule has 14 heteroatoms. The van der Waals surface area contributed by atoms with E-state index in [0.717, 1.165) is 64.2 Å². The lowest BCUT2D eigenvalue weighted by Crippen LogP contribution is -2.64. The van der Waals surface area contributed by atoms with Crippen LogP contribution in [0, 0.1) is 0 Å². The van der Waals surface area contributed by atoms with Crippen molar-refractivity contribution < 1.29 is 63.1 Å². The van der Waals surface area contributed by atoms with E-state index in [1.807, 2.05) is 54.7 Å². The summed E-state index contributed by atoms with van der Waals surface area (Å²) in [5.41, 5.74) is 0. The molecule has 1 aliphatic rings. The molecule has 0 radical (unpaired) electrons. The van der Waals surface area contributed by atoms with Crippen molar-refractivity contribution in [3.63, 3.8) is 0 Å². The van der Waals surface area contributed by atoms with Crippen molar-refractivity contribution in [1.29, 1.82) is 0 Å². The average Bonchev–Trinajstić information content (AvgIpc) is 3.18. The van der Waals surface area contributed by atoms with E-state index >= 15 is 0 Å². The van der Waals surface area contributed by atoms with Crippen LogP contribution >= 0.6 is 7.82 Å². The number of esters is 2. The molecule has 6 N–H and O–H groups in total. The number of rotatable bonds is 30. The van der Waals surface area contributed by atoms with Gasteiger partial charge in [-0.15, -0.1) is 0 Å². The molecule has 7 unspecified atom stereocenters. The highest BCUT2D eigenvalue weighted by atomic mass is 31.2. The van der Waals surface area contributed by atoms with E-state index in [9.17, 15) is 44.6 Å². The molecule has 1 aliphatic carbocycles. The molecule has 56 heavy (non-hydrogen) atoms. The first-order valence-corrected chi connectivity index (χ1v) is 21.5. The zero-order valence-corrected chi connectivity index (χ0v) is 34.0. The molecule has 0 aliphatic heterocycles. The number of aliphatic hydroxyl groups excluding tert-OH is 5. The van der Waals surface area contributed by atoms with E-state index in [4.69, 9.17) is 18.5 Å². The lowest BCUT2D eigenvalue weighted by Gasteiger charge is -2.41. The van der Waals surface area contributed by atoms with Gasteiger partial charge in [0.05, 0.1) is 6.61 Å². The molecule has 1 saturated carbocycles. The SMILES string of the molecule is CC/C=C/C=C/C=C/C=C/C=C/CCCC(=O)OC(COC(=O)CCCCCCCCC/C=C/C/C=C/CC)COP(=O)(O)OC1C(O)C(O)C(O)[C@H](O)C1O. The van der Waals surface area contributed by atoms with Crippen molar-refractivity contribution >= 4 is 19.8 Å². The fourth-order valence-electron chi connectivity index (χ4n) is 5.41. The van der Waals surface area contributed by atoms with E-state index in [2.05, 4.69) is 44.2 Å². The molecule has 0 aromatic rings. The molecule has 0 bridgehead atoms. The summed E-state index contributed by atoms with van der Waals surface area (Å²) in [5, 5.41) is 50.0. The van der Waals surface area contributed by atoms with Crippen molar-refractivity contribution in [2.24, 2.45) is 0 Å². The minimum absolute atomic E-state index is 0.00628. The molecular formula is C42H67O13P. The highest BCUT2D eigenvalue weighted by molar-refractivity contribution is 7.47. The molecule has 0 amide bonds. The van der Waals surface area contributed by atoms with E-state index < -0.39 is 75.7 Å². The number of carbonyl (C=O) groups is 2. The number of unbranched alkanes of at least 4 members (excludes halogenated alkanes) is 8. The van der Waals surface area contributed by atoms with Gasteiger partial charge in [-0.25, -0.2) is 4.57 Å². The zero-order chi connectivity index (χ0) is 41.4. The highest BCUT2D eigenvalue weighted by Gasteiger charge is 2.51. The minimum atomic E-state index is -5.14. The fraction of sp³-hybridized carbons (Fsp3) is 0.619. The minimum Gasteiger partial charge on any atom is -0.462 e. The molecule has 1 rings (SSSR count). The van der Waals surface area contributed by atoms with Gasteiger partial charge >= 0.3 is 19.8 Å². The second kappa shape index (κ2) is 32.0. The normalized spacial score (nSPS) is 23.8. The van der Waals surface area contributed by atoms with Crippen molar-refractivity contribution in [3.05, 3.63) is 85.1 Å². The molecule has 0 spiro atoms. The summed E-state index contributed by atoms with van der Waals surface area (Å²) < 4.78 is 33.3. The van der Waals surface area contributed by atoms with Gasteiger partial charge in [-0.05, 0) is 51.4 Å². The predicted octanol–water partition coefficient (Wildman–Crippen LogP) is 6.55. The van der Waals surface area contributed by atoms with Crippen LogP contribution in [-0.2, 0) is 32.7 Å². The Morgan fingerprint density at radius 3 is 1.70 bits per heavy atom. The molecule has 0 aromatic heterocycles. The second-order valence-electron chi connectivity index (χ2n) is 13.5. The van der Waals surface area contributed by atoms with Crippen LogP contribution in [0.5, 0.6) is 0 Å². The lowest BCUT2D eigenvalue weighted by atomic mass is 9.85. The quantitative estimate of drug-likeness (QED) is 0.0150. The number of aliphatic hydroxyl groups is 5. The Morgan fingerprint density at radius 1 is 0.571 bits per heavy atom. The second-order valence-corrected chi connectivity index (χ2v) is 14.9. The first kappa shape index (κ1) is 51.0. The van der Waals surface area contributed by atoms with Crippen LogP contribution in [0.1, 0.15) is 110 Å². The summed E-state index contributed by atoms with van der Waals surface area (Å²) in [7, 11) is -5.14. The fourth-order valence-corrected chi connectivity index (χ4v) is 6.38. The van der Waals surface area contributed by atoms with E-state index in [-0.39, 0.29) is 12.8 Å². The van der Waals surface area contributed by atoms with Gasteiger partial charge in [0.2, 0.25) is 0 Å². The van der Waals surface area contributed by atoms with Crippen LogP contribution in [0.2, 0.25) is 0 Å². The van der Waals surface area contributed by atoms with Crippen LogP contribution in [0.25, 0.3) is 0 Å². The summed E-state index contributed by atoms with van der Waals surface area (Å²) in [6.45, 7) is 2.93. The Kier molecular flexibility index (Phi) is 29.2. The molecular weight excluding hydrogens is 743 g/mol. The van der Waals surface area contributed by atoms with Crippen molar-refractivity contribution in [3.8, 4) is 0 Å². The van der Waals surface area contributed by atoms with Crippen LogP contribution in [0.4, 0.5) is 0 Å². The van der Waals surface area contributed by atoms with Crippen LogP contribution in [0.3, 0.4) is 0 Å². The first-order valence-electron chi connectivity index (χ1n) is 20.0. The number of hydrogen-bond acceptors (Lipinski definition) is 12. The lowest BCUT2D eigenvalue weighted by molar-refractivity contribution is -0.220. The molecule has 13 nitrogen and oxygen atoms in total. The zero-order valence-electron chi connectivity index (χ0n) is 33.1. The van der Waals surface area contributed by atoms with Gasteiger partial charge in [-0.2, -0.15) is 0 Å². The van der Waals surface area contributed by atoms with Gasteiger partial charge in [-0.3, -0.25) is 18.6 Å². The van der Waals surface area contributed by atoms with Crippen LogP contribution in [-0.4, -0.2) is 98.3 Å². The Hall–Kier alpha value is -2.97. The van der Waals surface area contributed by atoms with Crippen molar-refractivity contribution in [1.82, 2.24) is 0 Å². The van der Waals surface area contributed by atoms with E-state index in [1.54, 1.807) is 0 Å². The largest absolute Gasteiger partial charge is 0.472 e. The third-order valence-corrected chi connectivity index (χ3v) is 9.60.